The van der Waals surface area contributed by atoms with Gasteiger partial charge in [0.1, 0.15) is 0 Å². The molecule has 1 fully saturated rings. The third-order valence-corrected chi connectivity index (χ3v) is 5.63. The standard InChI is InChI=1S/C15H22N2O3S/c18-21(19,17-7-8-20-14-3-1-2-4-14)15-6-5-12-10-16-11-13(12)9-15/h5-6,9,14,16-17H,1-4,7-8,10-11H2. The molecule has 21 heavy (non-hydrogen) atoms. The molecular formula is C15H22N2O3S. The quantitative estimate of drug-likeness (QED) is 0.782. The van der Waals surface area contributed by atoms with Crippen molar-refractivity contribution in [2.75, 3.05) is 13.2 Å². The third kappa shape index (κ3) is 3.63. The Bertz CT molecular complexity index is 595. The Morgan fingerprint density at radius 1 is 1.19 bits per heavy atom. The number of nitrogens with one attached hydrogen (secondary N) is 2. The van der Waals surface area contributed by atoms with Gasteiger partial charge >= 0.3 is 0 Å². The van der Waals surface area contributed by atoms with Gasteiger partial charge in [0.15, 0.2) is 0 Å². The van der Waals surface area contributed by atoms with Crippen LogP contribution in [0.1, 0.15) is 36.8 Å². The van der Waals surface area contributed by atoms with Crippen molar-refractivity contribution >= 4 is 10.0 Å². The summed E-state index contributed by atoms with van der Waals surface area (Å²) in [5.74, 6) is 0. The van der Waals surface area contributed by atoms with Gasteiger partial charge in [-0.25, -0.2) is 13.1 Å². The molecule has 2 N–H and O–H groups in total. The van der Waals surface area contributed by atoms with Crippen LogP contribution in [-0.4, -0.2) is 27.7 Å². The first-order valence-corrected chi connectivity index (χ1v) is 9.07. The van der Waals surface area contributed by atoms with E-state index in [0.717, 1.165) is 31.5 Å². The van der Waals surface area contributed by atoms with Gasteiger partial charge in [-0.1, -0.05) is 18.9 Å². The molecule has 0 bridgehead atoms. The highest BCUT2D eigenvalue weighted by molar-refractivity contribution is 7.89. The van der Waals surface area contributed by atoms with Crippen molar-refractivity contribution in [1.82, 2.24) is 10.0 Å². The highest BCUT2D eigenvalue weighted by atomic mass is 32.2. The summed E-state index contributed by atoms with van der Waals surface area (Å²) in [6.07, 6.45) is 4.97. The molecule has 1 aliphatic carbocycles. The molecule has 1 heterocycles. The van der Waals surface area contributed by atoms with Crippen LogP contribution in [0.15, 0.2) is 23.1 Å². The number of hydrogen-bond acceptors (Lipinski definition) is 4. The maximum absolute atomic E-state index is 12.2. The Hall–Kier alpha value is -0.950. The lowest BCUT2D eigenvalue weighted by Gasteiger charge is -2.12. The van der Waals surface area contributed by atoms with Crippen molar-refractivity contribution < 1.29 is 13.2 Å². The minimum atomic E-state index is -3.44. The van der Waals surface area contributed by atoms with E-state index in [2.05, 4.69) is 10.0 Å². The van der Waals surface area contributed by atoms with Gasteiger partial charge < -0.3 is 10.1 Å². The molecule has 1 saturated carbocycles. The fourth-order valence-electron chi connectivity index (χ4n) is 2.98. The van der Waals surface area contributed by atoms with Gasteiger partial charge in [0.25, 0.3) is 0 Å². The van der Waals surface area contributed by atoms with Crippen LogP contribution in [0.4, 0.5) is 0 Å². The molecule has 0 spiro atoms. The van der Waals surface area contributed by atoms with Crippen molar-refractivity contribution in [3.05, 3.63) is 29.3 Å². The van der Waals surface area contributed by atoms with E-state index in [1.807, 2.05) is 6.07 Å². The van der Waals surface area contributed by atoms with E-state index in [9.17, 15) is 8.42 Å². The molecule has 1 aromatic carbocycles. The number of sulfonamides is 1. The average molecular weight is 310 g/mol. The monoisotopic (exact) mass is 310 g/mol. The molecule has 1 aliphatic heterocycles. The van der Waals surface area contributed by atoms with Gasteiger partial charge in [0.05, 0.1) is 17.6 Å². The molecule has 116 valence electrons. The van der Waals surface area contributed by atoms with Gasteiger partial charge in [-0.15, -0.1) is 0 Å². The van der Waals surface area contributed by atoms with Crippen molar-refractivity contribution in [3.63, 3.8) is 0 Å². The van der Waals surface area contributed by atoms with Gasteiger partial charge in [0, 0.05) is 19.6 Å². The molecule has 2 aliphatic rings. The Morgan fingerprint density at radius 2 is 1.95 bits per heavy atom. The molecule has 6 heteroatoms. The zero-order valence-electron chi connectivity index (χ0n) is 12.1. The second-order valence-electron chi connectivity index (χ2n) is 5.71. The molecular weight excluding hydrogens is 288 g/mol. The molecule has 1 aromatic rings. The summed E-state index contributed by atoms with van der Waals surface area (Å²) in [5.41, 5.74) is 2.25. The Labute approximate surface area is 126 Å². The predicted molar refractivity (Wildman–Crippen MR) is 80.4 cm³/mol. The molecule has 0 radical (unpaired) electrons. The van der Waals surface area contributed by atoms with Crippen LogP contribution in [0, 0.1) is 0 Å². The number of rotatable bonds is 6. The minimum absolute atomic E-state index is 0.320. The van der Waals surface area contributed by atoms with Crippen LogP contribution in [0.25, 0.3) is 0 Å². The Morgan fingerprint density at radius 3 is 2.76 bits per heavy atom. The summed E-state index contributed by atoms with van der Waals surface area (Å²) in [6, 6.07) is 5.32. The Balaban J connectivity index is 1.53. The summed E-state index contributed by atoms with van der Waals surface area (Å²) in [7, 11) is -3.44. The van der Waals surface area contributed by atoms with Crippen molar-refractivity contribution in [2.24, 2.45) is 0 Å². The fraction of sp³-hybridized carbons (Fsp3) is 0.600. The topological polar surface area (TPSA) is 67.4 Å². The highest BCUT2D eigenvalue weighted by Gasteiger charge is 2.19. The maximum Gasteiger partial charge on any atom is 0.240 e. The van der Waals surface area contributed by atoms with E-state index in [1.165, 1.54) is 18.4 Å². The summed E-state index contributed by atoms with van der Waals surface area (Å²) < 4.78 is 32.8. The molecule has 0 aromatic heterocycles. The van der Waals surface area contributed by atoms with E-state index >= 15 is 0 Å². The summed E-state index contributed by atoms with van der Waals surface area (Å²) in [5, 5.41) is 3.21. The normalized spacial score (nSPS) is 19.0. The number of hydrogen-bond donors (Lipinski definition) is 2. The zero-order valence-corrected chi connectivity index (χ0v) is 12.9. The van der Waals surface area contributed by atoms with Crippen LogP contribution in [0.5, 0.6) is 0 Å². The van der Waals surface area contributed by atoms with Crippen molar-refractivity contribution in [1.29, 1.82) is 0 Å². The predicted octanol–water partition coefficient (Wildman–Crippen LogP) is 1.53. The van der Waals surface area contributed by atoms with Gasteiger partial charge in [-0.3, -0.25) is 0 Å². The fourth-order valence-corrected chi connectivity index (χ4v) is 4.04. The van der Waals surface area contributed by atoms with Crippen LogP contribution in [0.2, 0.25) is 0 Å². The smallest absolute Gasteiger partial charge is 0.240 e. The zero-order chi connectivity index (χ0) is 14.7. The number of ether oxygens (including phenoxy) is 1. The first-order valence-electron chi connectivity index (χ1n) is 7.59. The van der Waals surface area contributed by atoms with Crippen molar-refractivity contribution in [2.45, 2.75) is 49.8 Å². The lowest BCUT2D eigenvalue weighted by molar-refractivity contribution is 0.0626. The summed E-state index contributed by atoms with van der Waals surface area (Å²) in [4.78, 5) is 0.339. The third-order valence-electron chi connectivity index (χ3n) is 4.17. The van der Waals surface area contributed by atoms with E-state index in [-0.39, 0.29) is 0 Å². The lowest BCUT2D eigenvalue weighted by atomic mass is 10.1. The largest absolute Gasteiger partial charge is 0.377 e. The van der Waals surface area contributed by atoms with Gasteiger partial charge in [-0.2, -0.15) is 0 Å². The van der Waals surface area contributed by atoms with Crippen LogP contribution < -0.4 is 10.0 Å². The van der Waals surface area contributed by atoms with Crippen LogP contribution in [0.3, 0.4) is 0 Å². The Kier molecular flexibility index (Phi) is 4.59. The average Bonchev–Trinajstić information content (AvgIpc) is 3.13. The molecule has 0 unspecified atom stereocenters. The first kappa shape index (κ1) is 15.0. The number of fused-ring (bicyclic) bond motifs is 1. The van der Waals surface area contributed by atoms with Gasteiger partial charge in [0.2, 0.25) is 10.0 Å². The first-order chi connectivity index (χ1) is 10.1. The minimum Gasteiger partial charge on any atom is -0.377 e. The van der Waals surface area contributed by atoms with E-state index < -0.39 is 10.0 Å². The van der Waals surface area contributed by atoms with Crippen molar-refractivity contribution in [3.8, 4) is 0 Å². The molecule has 0 atom stereocenters. The van der Waals surface area contributed by atoms with E-state index in [0.29, 0.717) is 24.2 Å². The maximum atomic E-state index is 12.2. The van der Waals surface area contributed by atoms with Gasteiger partial charge in [-0.05, 0) is 36.1 Å². The second-order valence-corrected chi connectivity index (χ2v) is 7.48. The molecule has 5 nitrogen and oxygen atoms in total. The second kappa shape index (κ2) is 6.44. The molecule has 0 amide bonds. The SMILES string of the molecule is O=S(=O)(NCCOC1CCCC1)c1ccc2c(c1)CNC2. The van der Waals surface area contributed by atoms with E-state index in [1.54, 1.807) is 12.1 Å². The summed E-state index contributed by atoms with van der Waals surface area (Å²) >= 11 is 0. The van der Waals surface area contributed by atoms with E-state index in [4.69, 9.17) is 4.74 Å². The lowest BCUT2D eigenvalue weighted by Crippen LogP contribution is -2.28. The summed E-state index contributed by atoms with van der Waals surface area (Å²) in [6.45, 7) is 2.33. The molecule has 3 rings (SSSR count). The van der Waals surface area contributed by atoms with Crippen LogP contribution in [-0.2, 0) is 27.8 Å². The molecule has 0 saturated heterocycles. The highest BCUT2D eigenvalue weighted by Crippen LogP contribution is 2.21. The van der Waals surface area contributed by atoms with Crippen LogP contribution >= 0.6 is 0 Å². The number of benzene rings is 1.